The largest absolute Gasteiger partial charge is 0.469 e. The maximum Gasteiger partial charge on any atom is 0.307 e. The molecule has 1 aromatic carbocycles. The molecule has 0 aliphatic rings. The van der Waals surface area contributed by atoms with Crippen LogP contribution in [0.4, 0.5) is 0 Å². The van der Waals surface area contributed by atoms with E-state index in [-0.39, 0.29) is 23.2 Å². The van der Waals surface area contributed by atoms with E-state index in [4.69, 9.17) is 5.73 Å². The maximum atomic E-state index is 11.3. The van der Waals surface area contributed by atoms with Crippen molar-refractivity contribution < 1.29 is 9.53 Å². The Balaban J connectivity index is 2.91. The van der Waals surface area contributed by atoms with Crippen molar-refractivity contribution in [3.8, 4) is 0 Å². The number of nitrogens with two attached hydrogens (primary N) is 1. The fourth-order valence-electron chi connectivity index (χ4n) is 1.58. The van der Waals surface area contributed by atoms with Gasteiger partial charge in [0.05, 0.1) is 13.5 Å². The van der Waals surface area contributed by atoms with Crippen LogP contribution in [0.3, 0.4) is 0 Å². The minimum Gasteiger partial charge on any atom is -0.469 e. The predicted molar refractivity (Wildman–Crippen MR) is 75.6 cm³/mol. The van der Waals surface area contributed by atoms with Crippen molar-refractivity contribution >= 4 is 17.7 Å². The van der Waals surface area contributed by atoms with Crippen LogP contribution >= 0.6 is 11.8 Å². The molecule has 0 saturated carbocycles. The molecule has 2 N–H and O–H groups in total. The molecular weight excluding hydrogens is 246 g/mol. The number of esters is 1. The van der Waals surface area contributed by atoms with Gasteiger partial charge in [-0.2, -0.15) is 0 Å². The molecule has 0 unspecified atom stereocenters. The molecule has 1 atom stereocenters. The number of rotatable bonds is 4. The molecule has 0 bridgehead atoms. The number of carbonyl (C=O) groups excluding carboxylic acids is 1. The Morgan fingerprint density at radius 3 is 2.56 bits per heavy atom. The molecule has 4 heteroatoms. The van der Waals surface area contributed by atoms with Gasteiger partial charge < -0.3 is 10.5 Å². The highest BCUT2D eigenvalue weighted by atomic mass is 32.2. The lowest BCUT2D eigenvalue weighted by molar-refractivity contribution is -0.141. The van der Waals surface area contributed by atoms with Crippen molar-refractivity contribution in [1.82, 2.24) is 0 Å². The molecule has 0 aliphatic carbocycles. The van der Waals surface area contributed by atoms with E-state index in [2.05, 4.69) is 25.5 Å². The lowest BCUT2D eigenvalue weighted by atomic mass is 10.1. The normalized spacial score (nSPS) is 13.2. The lowest BCUT2D eigenvalue weighted by Gasteiger charge is -2.22. The maximum absolute atomic E-state index is 11.3. The van der Waals surface area contributed by atoms with Crippen LogP contribution in [0.15, 0.2) is 29.2 Å². The van der Waals surface area contributed by atoms with Gasteiger partial charge in [-0.25, -0.2) is 0 Å². The van der Waals surface area contributed by atoms with Crippen molar-refractivity contribution in [1.29, 1.82) is 0 Å². The van der Waals surface area contributed by atoms with E-state index in [9.17, 15) is 4.79 Å². The summed E-state index contributed by atoms with van der Waals surface area (Å²) in [7, 11) is 1.38. The fourth-order valence-corrected chi connectivity index (χ4v) is 2.73. The topological polar surface area (TPSA) is 52.3 Å². The second-order valence-corrected chi connectivity index (χ2v) is 7.01. The minimum absolute atomic E-state index is 0.112. The van der Waals surface area contributed by atoms with E-state index < -0.39 is 0 Å². The summed E-state index contributed by atoms with van der Waals surface area (Å²) in [6, 6.07) is 7.63. The molecule has 0 amide bonds. The predicted octanol–water partition coefficient (Wildman–Crippen LogP) is 3.14. The van der Waals surface area contributed by atoms with Crippen LogP contribution in [-0.2, 0) is 9.53 Å². The summed E-state index contributed by atoms with van der Waals surface area (Å²) in [5.74, 6) is -0.280. The van der Waals surface area contributed by atoms with Crippen molar-refractivity contribution in [2.45, 2.75) is 42.9 Å². The number of methoxy groups -OCH3 is 1. The number of hydrogen-bond donors (Lipinski definition) is 1. The Morgan fingerprint density at radius 2 is 2.00 bits per heavy atom. The van der Waals surface area contributed by atoms with Crippen molar-refractivity contribution in [3.63, 3.8) is 0 Å². The number of carbonyl (C=O) groups is 1. The average molecular weight is 267 g/mol. The second kappa shape index (κ2) is 6.25. The van der Waals surface area contributed by atoms with E-state index in [0.717, 1.165) is 10.5 Å². The monoisotopic (exact) mass is 267 g/mol. The van der Waals surface area contributed by atoms with Crippen LogP contribution in [0.5, 0.6) is 0 Å². The summed E-state index contributed by atoms with van der Waals surface area (Å²) >= 11 is 1.76. The van der Waals surface area contributed by atoms with Crippen LogP contribution in [0.2, 0.25) is 0 Å². The van der Waals surface area contributed by atoms with Crippen LogP contribution in [-0.4, -0.2) is 17.8 Å². The molecule has 1 aromatic rings. The fraction of sp³-hybridized carbons (Fsp3) is 0.500. The van der Waals surface area contributed by atoms with Gasteiger partial charge in [0.25, 0.3) is 0 Å². The summed E-state index contributed by atoms with van der Waals surface area (Å²) in [5, 5.41) is 0. The molecule has 0 aliphatic heterocycles. The Kier molecular flexibility index (Phi) is 5.23. The van der Waals surface area contributed by atoms with Crippen LogP contribution in [0, 0.1) is 0 Å². The zero-order chi connectivity index (χ0) is 13.8. The quantitative estimate of drug-likeness (QED) is 0.672. The Labute approximate surface area is 113 Å². The van der Waals surface area contributed by atoms with E-state index in [1.54, 1.807) is 11.8 Å². The highest BCUT2D eigenvalue weighted by Crippen LogP contribution is 2.36. The van der Waals surface area contributed by atoms with Gasteiger partial charge in [0, 0.05) is 15.7 Å². The Hall–Kier alpha value is -1.00. The molecule has 0 fully saturated rings. The highest BCUT2D eigenvalue weighted by Gasteiger charge is 2.19. The van der Waals surface area contributed by atoms with Crippen LogP contribution < -0.4 is 5.73 Å². The van der Waals surface area contributed by atoms with E-state index >= 15 is 0 Å². The molecule has 0 radical (unpaired) electrons. The van der Waals surface area contributed by atoms with Crippen LogP contribution in [0.25, 0.3) is 0 Å². The molecule has 1 rings (SSSR count). The van der Waals surface area contributed by atoms with E-state index in [1.807, 2.05) is 24.3 Å². The molecule has 0 spiro atoms. The summed E-state index contributed by atoms with van der Waals surface area (Å²) < 4.78 is 4.77. The third-order valence-electron chi connectivity index (χ3n) is 2.35. The first-order chi connectivity index (χ1) is 8.33. The zero-order valence-electron chi connectivity index (χ0n) is 11.4. The van der Waals surface area contributed by atoms with Gasteiger partial charge in [0.1, 0.15) is 0 Å². The standard InChI is InChI=1S/C14H21NO2S/c1-14(2,3)18-12-8-6-5-7-10(12)11(15)9-13(16)17-4/h5-8,11H,9,15H2,1-4H3/t11-/m1/s1. The van der Waals surface area contributed by atoms with Gasteiger partial charge in [0.15, 0.2) is 0 Å². The summed E-state index contributed by atoms with van der Waals surface area (Å²) in [6.45, 7) is 6.46. The summed E-state index contributed by atoms with van der Waals surface area (Å²) in [6.07, 6.45) is 0.207. The first-order valence-corrected chi connectivity index (χ1v) is 6.75. The molecule has 0 aromatic heterocycles. The molecule has 0 saturated heterocycles. The van der Waals surface area contributed by atoms with E-state index in [1.165, 1.54) is 7.11 Å². The molecular formula is C14H21NO2S. The lowest BCUT2D eigenvalue weighted by Crippen LogP contribution is -2.18. The Bertz CT molecular complexity index is 413. The number of ether oxygens (including phenoxy) is 1. The average Bonchev–Trinajstić information content (AvgIpc) is 2.27. The summed E-state index contributed by atoms with van der Waals surface area (Å²) in [4.78, 5) is 12.4. The van der Waals surface area contributed by atoms with Crippen LogP contribution in [0.1, 0.15) is 38.8 Å². The van der Waals surface area contributed by atoms with E-state index in [0.29, 0.717) is 0 Å². The Morgan fingerprint density at radius 1 is 1.39 bits per heavy atom. The first-order valence-electron chi connectivity index (χ1n) is 5.94. The third-order valence-corrected chi connectivity index (χ3v) is 3.55. The van der Waals surface area contributed by atoms with Crippen molar-refractivity contribution in [3.05, 3.63) is 29.8 Å². The third kappa shape index (κ3) is 4.70. The van der Waals surface area contributed by atoms with Gasteiger partial charge in [-0.15, -0.1) is 11.8 Å². The smallest absolute Gasteiger partial charge is 0.307 e. The van der Waals surface area contributed by atoms with Crippen molar-refractivity contribution in [2.24, 2.45) is 5.73 Å². The van der Waals surface area contributed by atoms with Gasteiger partial charge in [-0.1, -0.05) is 39.0 Å². The van der Waals surface area contributed by atoms with Crippen molar-refractivity contribution in [2.75, 3.05) is 7.11 Å². The number of benzene rings is 1. The van der Waals surface area contributed by atoms with Gasteiger partial charge in [0.2, 0.25) is 0 Å². The molecule has 0 heterocycles. The summed E-state index contributed by atoms with van der Waals surface area (Å²) in [5.41, 5.74) is 7.08. The molecule has 3 nitrogen and oxygen atoms in total. The number of hydrogen-bond acceptors (Lipinski definition) is 4. The number of thioether (sulfide) groups is 1. The molecule has 100 valence electrons. The second-order valence-electron chi connectivity index (χ2n) is 5.14. The molecule has 18 heavy (non-hydrogen) atoms. The zero-order valence-corrected chi connectivity index (χ0v) is 12.2. The van der Waals surface area contributed by atoms with Gasteiger partial charge >= 0.3 is 5.97 Å². The minimum atomic E-state index is -0.316. The van der Waals surface area contributed by atoms with Gasteiger partial charge in [-0.05, 0) is 11.6 Å². The SMILES string of the molecule is COC(=O)C[C@@H](N)c1ccccc1SC(C)(C)C. The van der Waals surface area contributed by atoms with Gasteiger partial charge in [-0.3, -0.25) is 4.79 Å². The highest BCUT2D eigenvalue weighted by molar-refractivity contribution is 8.00. The first kappa shape index (κ1) is 15.1.